The highest BCUT2D eigenvalue weighted by Gasteiger charge is 2.34. The Labute approximate surface area is 107 Å². The molecule has 2 nitrogen and oxygen atoms in total. The van der Waals surface area contributed by atoms with Gasteiger partial charge in [0.1, 0.15) is 0 Å². The fourth-order valence-electron chi connectivity index (χ4n) is 3.27. The average Bonchev–Trinajstić information content (AvgIpc) is 3.19. The molecule has 0 spiro atoms. The molecule has 1 aliphatic heterocycles. The smallest absolute Gasteiger partial charge is 0.0195 e. The van der Waals surface area contributed by atoms with Gasteiger partial charge in [-0.05, 0) is 45.1 Å². The molecule has 2 fully saturated rings. The molecule has 100 valence electrons. The first-order chi connectivity index (χ1) is 8.35. The summed E-state index contributed by atoms with van der Waals surface area (Å²) in [6.45, 7) is 7.24. The standard InChI is InChI=1S/C15H30N2/c1-3-7-14(4-2)17(15-9-10-15)12-13-8-5-6-11-16-13/h13-16H,3-12H2,1-2H3. The van der Waals surface area contributed by atoms with Crippen molar-refractivity contribution in [3.05, 3.63) is 0 Å². The van der Waals surface area contributed by atoms with E-state index in [-0.39, 0.29) is 0 Å². The van der Waals surface area contributed by atoms with Crippen LogP contribution in [0.3, 0.4) is 0 Å². The molecule has 17 heavy (non-hydrogen) atoms. The van der Waals surface area contributed by atoms with Gasteiger partial charge in [-0.1, -0.05) is 26.7 Å². The normalized spacial score (nSPS) is 27.4. The Morgan fingerprint density at radius 2 is 2.00 bits per heavy atom. The van der Waals surface area contributed by atoms with Crippen LogP contribution in [0.25, 0.3) is 0 Å². The Kier molecular flexibility index (Phi) is 5.30. The number of rotatable bonds is 7. The third-order valence-electron chi connectivity index (χ3n) is 4.42. The van der Waals surface area contributed by atoms with Crippen molar-refractivity contribution in [2.75, 3.05) is 13.1 Å². The number of nitrogens with zero attached hydrogens (tertiary/aromatic N) is 1. The predicted molar refractivity (Wildman–Crippen MR) is 74.4 cm³/mol. The molecule has 0 amide bonds. The number of hydrogen-bond donors (Lipinski definition) is 1. The second kappa shape index (κ2) is 6.75. The minimum atomic E-state index is 0.773. The van der Waals surface area contributed by atoms with Gasteiger partial charge in [-0.3, -0.25) is 4.90 Å². The van der Waals surface area contributed by atoms with Gasteiger partial charge < -0.3 is 5.32 Å². The third kappa shape index (κ3) is 3.96. The van der Waals surface area contributed by atoms with Crippen molar-refractivity contribution in [3.8, 4) is 0 Å². The number of nitrogens with one attached hydrogen (secondary N) is 1. The van der Waals surface area contributed by atoms with E-state index in [1.807, 2.05) is 0 Å². The molecule has 2 heteroatoms. The Bertz CT molecular complexity index is 207. The largest absolute Gasteiger partial charge is 0.313 e. The van der Waals surface area contributed by atoms with E-state index in [0.29, 0.717) is 0 Å². The van der Waals surface area contributed by atoms with Crippen LogP contribution in [0.15, 0.2) is 0 Å². The number of piperidine rings is 1. The van der Waals surface area contributed by atoms with E-state index in [4.69, 9.17) is 0 Å². The van der Waals surface area contributed by atoms with Gasteiger partial charge in [0, 0.05) is 24.7 Å². The fourth-order valence-corrected chi connectivity index (χ4v) is 3.27. The van der Waals surface area contributed by atoms with Gasteiger partial charge >= 0.3 is 0 Å². The van der Waals surface area contributed by atoms with Crippen LogP contribution in [0.4, 0.5) is 0 Å². The van der Waals surface area contributed by atoms with Gasteiger partial charge in [0.25, 0.3) is 0 Å². The lowest BCUT2D eigenvalue weighted by molar-refractivity contribution is 0.144. The molecule has 0 aromatic carbocycles. The van der Waals surface area contributed by atoms with Gasteiger partial charge in [-0.15, -0.1) is 0 Å². The number of hydrogen-bond acceptors (Lipinski definition) is 2. The summed E-state index contributed by atoms with van der Waals surface area (Å²) < 4.78 is 0. The molecule has 2 rings (SSSR count). The van der Waals surface area contributed by atoms with Crippen LogP contribution in [0.5, 0.6) is 0 Å². The maximum atomic E-state index is 3.71. The lowest BCUT2D eigenvalue weighted by atomic mass is 10.0. The summed E-state index contributed by atoms with van der Waals surface area (Å²) in [4.78, 5) is 2.84. The molecular weight excluding hydrogens is 208 g/mol. The topological polar surface area (TPSA) is 15.3 Å². The van der Waals surface area contributed by atoms with Crippen molar-refractivity contribution in [2.24, 2.45) is 0 Å². The molecule has 0 radical (unpaired) electrons. The van der Waals surface area contributed by atoms with Crippen LogP contribution in [-0.4, -0.2) is 36.1 Å². The second-order valence-electron chi connectivity index (χ2n) is 5.93. The molecule has 0 aromatic rings. The highest BCUT2D eigenvalue weighted by molar-refractivity contribution is 4.91. The quantitative estimate of drug-likeness (QED) is 0.733. The van der Waals surface area contributed by atoms with Crippen molar-refractivity contribution in [1.29, 1.82) is 0 Å². The average molecular weight is 238 g/mol. The lowest BCUT2D eigenvalue weighted by Crippen LogP contribution is -2.48. The van der Waals surface area contributed by atoms with Crippen molar-refractivity contribution in [2.45, 2.75) is 83.3 Å². The first-order valence-corrected chi connectivity index (χ1v) is 7.84. The Morgan fingerprint density at radius 1 is 1.18 bits per heavy atom. The Hall–Kier alpha value is -0.0800. The monoisotopic (exact) mass is 238 g/mol. The first kappa shape index (κ1) is 13.4. The van der Waals surface area contributed by atoms with Crippen molar-refractivity contribution in [1.82, 2.24) is 10.2 Å². The van der Waals surface area contributed by atoms with Crippen LogP contribution in [0.2, 0.25) is 0 Å². The molecule has 1 N–H and O–H groups in total. The van der Waals surface area contributed by atoms with Crippen LogP contribution in [-0.2, 0) is 0 Å². The van der Waals surface area contributed by atoms with E-state index in [1.165, 1.54) is 64.5 Å². The maximum Gasteiger partial charge on any atom is 0.0195 e. The molecule has 2 unspecified atom stereocenters. The van der Waals surface area contributed by atoms with Crippen LogP contribution in [0.1, 0.15) is 65.2 Å². The maximum absolute atomic E-state index is 3.71. The van der Waals surface area contributed by atoms with Crippen LogP contribution in [0, 0.1) is 0 Å². The molecule has 0 aromatic heterocycles. The van der Waals surface area contributed by atoms with Gasteiger partial charge in [0.15, 0.2) is 0 Å². The lowest BCUT2D eigenvalue weighted by Gasteiger charge is -2.36. The minimum absolute atomic E-state index is 0.773. The predicted octanol–water partition coefficient (Wildman–Crippen LogP) is 3.17. The fraction of sp³-hybridized carbons (Fsp3) is 1.00. The zero-order valence-electron chi connectivity index (χ0n) is 11.8. The van der Waals surface area contributed by atoms with Crippen molar-refractivity contribution >= 4 is 0 Å². The minimum Gasteiger partial charge on any atom is -0.313 e. The summed E-state index contributed by atoms with van der Waals surface area (Å²) in [6.07, 6.45) is 11.2. The van der Waals surface area contributed by atoms with Gasteiger partial charge in [0.05, 0.1) is 0 Å². The summed E-state index contributed by atoms with van der Waals surface area (Å²) >= 11 is 0. The molecule has 1 saturated carbocycles. The van der Waals surface area contributed by atoms with Crippen LogP contribution < -0.4 is 5.32 Å². The zero-order valence-corrected chi connectivity index (χ0v) is 11.8. The van der Waals surface area contributed by atoms with E-state index in [1.54, 1.807) is 0 Å². The van der Waals surface area contributed by atoms with E-state index in [9.17, 15) is 0 Å². The van der Waals surface area contributed by atoms with Gasteiger partial charge in [-0.2, -0.15) is 0 Å². The molecular formula is C15H30N2. The second-order valence-corrected chi connectivity index (χ2v) is 5.93. The van der Waals surface area contributed by atoms with Gasteiger partial charge in [-0.25, -0.2) is 0 Å². The van der Waals surface area contributed by atoms with E-state index in [2.05, 4.69) is 24.1 Å². The molecule has 2 atom stereocenters. The first-order valence-electron chi connectivity index (χ1n) is 7.84. The van der Waals surface area contributed by atoms with Gasteiger partial charge in [0.2, 0.25) is 0 Å². The molecule has 1 aliphatic carbocycles. The molecule has 2 aliphatic rings. The highest BCUT2D eigenvalue weighted by Crippen LogP contribution is 2.31. The molecule has 0 bridgehead atoms. The van der Waals surface area contributed by atoms with E-state index < -0.39 is 0 Å². The highest BCUT2D eigenvalue weighted by atomic mass is 15.2. The van der Waals surface area contributed by atoms with Crippen LogP contribution >= 0.6 is 0 Å². The van der Waals surface area contributed by atoms with E-state index in [0.717, 1.165) is 18.1 Å². The molecule has 1 heterocycles. The third-order valence-corrected chi connectivity index (χ3v) is 4.42. The Balaban J connectivity index is 1.86. The zero-order chi connectivity index (χ0) is 12.1. The summed E-state index contributed by atoms with van der Waals surface area (Å²) in [5.41, 5.74) is 0. The SMILES string of the molecule is CCCC(CC)N(CC1CCCCN1)C1CC1. The summed E-state index contributed by atoms with van der Waals surface area (Å²) in [5.74, 6) is 0. The van der Waals surface area contributed by atoms with E-state index >= 15 is 0 Å². The Morgan fingerprint density at radius 3 is 2.53 bits per heavy atom. The molecule has 1 saturated heterocycles. The van der Waals surface area contributed by atoms with Crippen molar-refractivity contribution in [3.63, 3.8) is 0 Å². The summed E-state index contributed by atoms with van der Waals surface area (Å²) in [7, 11) is 0. The van der Waals surface area contributed by atoms with Crippen molar-refractivity contribution < 1.29 is 0 Å². The summed E-state index contributed by atoms with van der Waals surface area (Å²) in [5, 5.41) is 3.71. The summed E-state index contributed by atoms with van der Waals surface area (Å²) in [6, 6.07) is 2.54.